The van der Waals surface area contributed by atoms with Crippen LogP contribution in [0.15, 0.2) is 42.0 Å². The van der Waals surface area contributed by atoms with Gasteiger partial charge in [0.2, 0.25) is 5.91 Å². The second-order valence-corrected chi connectivity index (χ2v) is 7.10. The maximum absolute atomic E-state index is 11.9. The van der Waals surface area contributed by atoms with Gasteiger partial charge in [-0.1, -0.05) is 35.9 Å². The average Bonchev–Trinajstić information content (AvgIpc) is 3.32. The summed E-state index contributed by atoms with van der Waals surface area (Å²) in [5.74, 6) is 1.38. The van der Waals surface area contributed by atoms with E-state index in [1.54, 1.807) is 6.08 Å². The number of carbonyl (C=O) groups is 1. The third kappa shape index (κ3) is 5.21. The smallest absolute Gasteiger partial charge is 0.243 e. The molecular weight excluding hydrogens is 284 g/mol. The van der Waals surface area contributed by atoms with Crippen LogP contribution in [0, 0.1) is 11.8 Å². The molecule has 3 rings (SSSR count). The normalized spacial score (nSPS) is 22.3. The van der Waals surface area contributed by atoms with Gasteiger partial charge >= 0.3 is 0 Å². The van der Waals surface area contributed by atoms with E-state index in [1.807, 2.05) is 0 Å². The van der Waals surface area contributed by atoms with E-state index in [4.69, 9.17) is 0 Å². The molecule has 0 aromatic heterocycles. The fraction of sp³-hybridized carbons (Fsp3) is 0.550. The largest absolute Gasteiger partial charge is 0.352 e. The van der Waals surface area contributed by atoms with Crippen molar-refractivity contribution in [2.24, 2.45) is 11.8 Å². The first-order chi connectivity index (χ1) is 11.2. The minimum atomic E-state index is 0.0946. The second kappa shape index (κ2) is 7.78. The lowest BCUT2D eigenvalue weighted by atomic mass is 10.1. The zero-order valence-electron chi connectivity index (χ0n) is 14.1. The quantitative estimate of drug-likeness (QED) is 0.785. The van der Waals surface area contributed by atoms with Gasteiger partial charge in [0.25, 0.3) is 0 Å². The lowest BCUT2D eigenvalue weighted by Gasteiger charge is -2.16. The van der Waals surface area contributed by atoms with E-state index in [1.165, 1.54) is 30.4 Å². The molecular formula is C20H28N2O. The Labute approximate surface area is 139 Å². The monoisotopic (exact) mass is 312 g/mol. The first-order valence-electron chi connectivity index (χ1n) is 8.93. The molecule has 1 aromatic carbocycles. The number of carbonyl (C=O) groups excluding carboxylic acids is 1. The van der Waals surface area contributed by atoms with Crippen molar-refractivity contribution < 1.29 is 4.79 Å². The molecule has 1 N–H and O–H groups in total. The van der Waals surface area contributed by atoms with Gasteiger partial charge in [-0.05, 0) is 56.6 Å². The van der Waals surface area contributed by atoms with E-state index in [-0.39, 0.29) is 5.91 Å². The summed E-state index contributed by atoms with van der Waals surface area (Å²) < 4.78 is 0. The standard InChI is InChI=1S/C20H28N2O/c1-16(19-7-8-19)13-20(23)21-14-18-10-12-22(15-18)11-9-17-5-3-2-4-6-17/h2-6,13,18-19H,7-12,14-15H2,1H3,(H,21,23)/b16-13+/t18-/m1/s1. The van der Waals surface area contributed by atoms with Crippen molar-refractivity contribution in [3.8, 4) is 0 Å². The molecule has 1 aliphatic heterocycles. The van der Waals surface area contributed by atoms with Crippen molar-refractivity contribution in [2.45, 2.75) is 32.6 Å². The molecule has 0 unspecified atom stereocenters. The Morgan fingerprint density at radius 2 is 2.04 bits per heavy atom. The van der Waals surface area contributed by atoms with Crippen molar-refractivity contribution in [1.82, 2.24) is 10.2 Å². The Morgan fingerprint density at radius 1 is 1.26 bits per heavy atom. The van der Waals surface area contributed by atoms with Gasteiger partial charge in [-0.15, -0.1) is 0 Å². The number of hydrogen-bond acceptors (Lipinski definition) is 2. The summed E-state index contributed by atoms with van der Waals surface area (Å²) in [6.45, 7) is 6.28. The van der Waals surface area contributed by atoms with E-state index in [2.05, 4.69) is 47.5 Å². The molecule has 1 saturated carbocycles. The maximum atomic E-state index is 11.9. The van der Waals surface area contributed by atoms with E-state index in [9.17, 15) is 4.79 Å². The summed E-state index contributed by atoms with van der Waals surface area (Å²) in [6, 6.07) is 10.7. The molecule has 1 aliphatic carbocycles. The number of hydrogen-bond donors (Lipinski definition) is 1. The van der Waals surface area contributed by atoms with Crippen LogP contribution in [0.5, 0.6) is 0 Å². The van der Waals surface area contributed by atoms with Gasteiger partial charge < -0.3 is 10.2 Å². The first kappa shape index (κ1) is 16.3. The highest BCUT2D eigenvalue weighted by Crippen LogP contribution is 2.35. The number of nitrogens with one attached hydrogen (secondary N) is 1. The Balaban J connectivity index is 1.35. The van der Waals surface area contributed by atoms with Crippen LogP contribution < -0.4 is 5.32 Å². The predicted molar refractivity (Wildman–Crippen MR) is 94.2 cm³/mol. The molecule has 2 fully saturated rings. The number of nitrogens with zero attached hydrogens (tertiary/aromatic N) is 1. The summed E-state index contributed by atoms with van der Waals surface area (Å²) in [5, 5.41) is 3.09. The Kier molecular flexibility index (Phi) is 5.50. The predicted octanol–water partition coefficient (Wildman–Crippen LogP) is 3.02. The fourth-order valence-corrected chi connectivity index (χ4v) is 3.37. The molecule has 23 heavy (non-hydrogen) atoms. The van der Waals surface area contributed by atoms with Crippen LogP contribution in [0.4, 0.5) is 0 Å². The minimum absolute atomic E-state index is 0.0946. The molecule has 0 bridgehead atoms. The van der Waals surface area contributed by atoms with Crippen LogP contribution in [-0.2, 0) is 11.2 Å². The number of rotatable bonds is 7. The highest BCUT2D eigenvalue weighted by Gasteiger charge is 2.24. The van der Waals surface area contributed by atoms with Gasteiger partial charge in [0, 0.05) is 25.7 Å². The van der Waals surface area contributed by atoms with Crippen LogP contribution in [0.2, 0.25) is 0 Å². The topological polar surface area (TPSA) is 32.3 Å². The Hall–Kier alpha value is -1.61. The fourth-order valence-electron chi connectivity index (χ4n) is 3.37. The zero-order valence-corrected chi connectivity index (χ0v) is 14.1. The molecule has 1 saturated heterocycles. The minimum Gasteiger partial charge on any atom is -0.352 e. The van der Waals surface area contributed by atoms with Gasteiger partial charge in [0.15, 0.2) is 0 Å². The molecule has 124 valence electrons. The molecule has 1 aromatic rings. The van der Waals surface area contributed by atoms with Gasteiger partial charge in [-0.3, -0.25) is 4.79 Å². The summed E-state index contributed by atoms with van der Waals surface area (Å²) in [4.78, 5) is 14.5. The number of likely N-dealkylation sites (tertiary alicyclic amines) is 1. The third-order valence-electron chi connectivity index (χ3n) is 5.07. The Morgan fingerprint density at radius 3 is 2.78 bits per heavy atom. The Bertz CT molecular complexity index is 548. The van der Waals surface area contributed by atoms with E-state index >= 15 is 0 Å². The van der Waals surface area contributed by atoms with E-state index < -0.39 is 0 Å². The van der Waals surface area contributed by atoms with Gasteiger partial charge in [0.05, 0.1) is 0 Å². The molecule has 0 spiro atoms. The lowest BCUT2D eigenvalue weighted by molar-refractivity contribution is -0.116. The first-order valence-corrected chi connectivity index (χ1v) is 8.93. The molecule has 2 aliphatic rings. The van der Waals surface area contributed by atoms with Crippen LogP contribution in [0.3, 0.4) is 0 Å². The molecule has 3 nitrogen and oxygen atoms in total. The summed E-state index contributed by atoms with van der Waals surface area (Å²) in [7, 11) is 0. The van der Waals surface area contributed by atoms with Crippen molar-refractivity contribution in [2.75, 3.05) is 26.2 Å². The second-order valence-electron chi connectivity index (χ2n) is 7.10. The summed E-state index contributed by atoms with van der Waals surface area (Å²) in [6.07, 6.45) is 6.63. The van der Waals surface area contributed by atoms with Crippen molar-refractivity contribution in [3.63, 3.8) is 0 Å². The average molecular weight is 312 g/mol. The molecule has 0 radical (unpaired) electrons. The molecule has 3 heteroatoms. The van der Waals surface area contributed by atoms with Crippen LogP contribution in [-0.4, -0.2) is 37.0 Å². The molecule has 1 heterocycles. The summed E-state index contributed by atoms with van der Waals surface area (Å²) >= 11 is 0. The van der Waals surface area contributed by atoms with Gasteiger partial charge in [-0.2, -0.15) is 0 Å². The van der Waals surface area contributed by atoms with Crippen LogP contribution >= 0.6 is 0 Å². The van der Waals surface area contributed by atoms with Crippen molar-refractivity contribution in [3.05, 3.63) is 47.5 Å². The SMILES string of the molecule is C/C(=C\C(=O)NC[C@H]1CCN(CCc2ccccc2)C1)C1CC1. The van der Waals surface area contributed by atoms with Gasteiger partial charge in [0.1, 0.15) is 0 Å². The van der Waals surface area contributed by atoms with Crippen LogP contribution in [0.1, 0.15) is 31.7 Å². The maximum Gasteiger partial charge on any atom is 0.243 e. The molecule has 1 atom stereocenters. The van der Waals surface area contributed by atoms with E-state index in [0.29, 0.717) is 11.8 Å². The lowest BCUT2D eigenvalue weighted by Crippen LogP contribution is -2.30. The zero-order chi connectivity index (χ0) is 16.1. The van der Waals surface area contributed by atoms with Crippen molar-refractivity contribution in [1.29, 1.82) is 0 Å². The van der Waals surface area contributed by atoms with Gasteiger partial charge in [-0.25, -0.2) is 0 Å². The molecule has 1 amide bonds. The number of amides is 1. The van der Waals surface area contributed by atoms with Crippen LogP contribution in [0.25, 0.3) is 0 Å². The van der Waals surface area contributed by atoms with Crippen molar-refractivity contribution >= 4 is 5.91 Å². The number of benzene rings is 1. The third-order valence-corrected chi connectivity index (χ3v) is 5.07. The highest BCUT2D eigenvalue weighted by atomic mass is 16.1. The number of allylic oxidation sites excluding steroid dienone is 1. The summed E-state index contributed by atoms with van der Waals surface area (Å²) in [5.41, 5.74) is 2.66. The highest BCUT2D eigenvalue weighted by molar-refractivity contribution is 5.88. The van der Waals surface area contributed by atoms with E-state index in [0.717, 1.165) is 32.6 Å².